The van der Waals surface area contributed by atoms with Gasteiger partial charge in [0.2, 0.25) is 0 Å². The van der Waals surface area contributed by atoms with Crippen LogP contribution in [0.2, 0.25) is 0 Å². The lowest BCUT2D eigenvalue weighted by Crippen LogP contribution is -2.48. The number of nitrogens with zero attached hydrogens (tertiary/aromatic N) is 3. The number of rotatable bonds is 3. The molecule has 0 bridgehead atoms. The van der Waals surface area contributed by atoms with E-state index in [9.17, 15) is 14.5 Å². The van der Waals surface area contributed by atoms with E-state index in [-0.39, 0.29) is 5.69 Å². The molecule has 0 amide bonds. The Kier molecular flexibility index (Phi) is 3.86. The highest BCUT2D eigenvalue weighted by atomic mass is 19.1. The summed E-state index contributed by atoms with van der Waals surface area (Å²) in [5.41, 5.74) is 0.294. The van der Waals surface area contributed by atoms with Crippen LogP contribution in [0.3, 0.4) is 0 Å². The molecule has 22 heavy (non-hydrogen) atoms. The van der Waals surface area contributed by atoms with Crippen molar-refractivity contribution in [1.82, 2.24) is 0 Å². The number of pyridine rings is 1. The summed E-state index contributed by atoms with van der Waals surface area (Å²) in [4.78, 5) is 17.9. The van der Waals surface area contributed by atoms with Gasteiger partial charge in [-0.3, -0.25) is 15.0 Å². The van der Waals surface area contributed by atoms with Crippen LogP contribution in [0.4, 0.5) is 21.6 Å². The van der Waals surface area contributed by atoms with Crippen molar-refractivity contribution in [3.63, 3.8) is 0 Å². The predicted molar refractivity (Wildman–Crippen MR) is 80.5 cm³/mol. The number of H-pyrrole nitrogens is 1. The summed E-state index contributed by atoms with van der Waals surface area (Å²) in [6, 6.07) is 9.60. The minimum atomic E-state index is -0.590. The van der Waals surface area contributed by atoms with Crippen molar-refractivity contribution in [2.75, 3.05) is 36.0 Å². The molecule has 0 radical (unpaired) electrons. The van der Waals surface area contributed by atoms with Gasteiger partial charge in [0.05, 0.1) is 30.3 Å². The van der Waals surface area contributed by atoms with Crippen LogP contribution in [0.1, 0.15) is 0 Å². The molecule has 1 aliphatic heterocycles. The van der Waals surface area contributed by atoms with E-state index in [4.69, 9.17) is 0 Å². The highest BCUT2D eigenvalue weighted by molar-refractivity contribution is 5.64. The molecule has 114 valence electrons. The second-order valence-corrected chi connectivity index (χ2v) is 5.11. The van der Waals surface area contributed by atoms with E-state index >= 15 is 0 Å². The largest absolute Gasteiger partial charge is 0.358 e. The number of hydrogen-bond donors (Lipinski definition) is 0. The van der Waals surface area contributed by atoms with Crippen molar-refractivity contribution >= 4 is 17.2 Å². The van der Waals surface area contributed by atoms with E-state index in [0.29, 0.717) is 18.8 Å². The second kappa shape index (κ2) is 5.97. The molecule has 1 aliphatic rings. The minimum absolute atomic E-state index is 0.181. The first-order valence-corrected chi connectivity index (χ1v) is 7.06. The number of halogens is 1. The SMILES string of the molecule is O=[N+]([O-])c1cc(F)ccc1N1CCN(c2cccc[nH+]2)CC1. The maximum atomic E-state index is 13.2. The van der Waals surface area contributed by atoms with Crippen molar-refractivity contribution < 1.29 is 14.3 Å². The average Bonchev–Trinajstić information content (AvgIpc) is 2.56. The van der Waals surface area contributed by atoms with Crippen molar-refractivity contribution in [2.24, 2.45) is 0 Å². The molecular formula is C15H16FN4O2+. The zero-order chi connectivity index (χ0) is 15.5. The zero-order valence-electron chi connectivity index (χ0n) is 11.9. The number of nitro benzene ring substituents is 1. The molecule has 1 aromatic heterocycles. The molecule has 0 atom stereocenters. The fraction of sp³-hybridized carbons (Fsp3) is 0.267. The monoisotopic (exact) mass is 303 g/mol. The normalized spacial score (nSPS) is 15.0. The Bertz CT molecular complexity index is 672. The molecule has 0 spiro atoms. The Hall–Kier alpha value is -2.70. The molecule has 6 nitrogen and oxygen atoms in total. The van der Waals surface area contributed by atoms with Gasteiger partial charge in [0.15, 0.2) is 0 Å². The van der Waals surface area contributed by atoms with Gasteiger partial charge in [0.1, 0.15) is 24.6 Å². The standard InChI is InChI=1S/C15H15FN4O2/c16-12-4-5-13(14(11-12)20(21)22)18-7-9-19(10-8-18)15-3-1-2-6-17-15/h1-6,11H,7-10H2/p+1. The lowest BCUT2D eigenvalue weighted by atomic mass is 10.2. The van der Waals surface area contributed by atoms with Gasteiger partial charge in [-0.1, -0.05) is 6.07 Å². The van der Waals surface area contributed by atoms with Gasteiger partial charge in [0, 0.05) is 6.07 Å². The van der Waals surface area contributed by atoms with Gasteiger partial charge in [-0.2, -0.15) is 0 Å². The maximum Gasteiger partial charge on any atom is 0.295 e. The summed E-state index contributed by atoms with van der Waals surface area (Å²) >= 11 is 0. The van der Waals surface area contributed by atoms with Crippen LogP contribution < -0.4 is 14.8 Å². The number of aromatic nitrogens is 1. The van der Waals surface area contributed by atoms with Crippen LogP contribution in [-0.2, 0) is 0 Å². The number of benzene rings is 1. The van der Waals surface area contributed by atoms with Crippen molar-refractivity contribution in [3.8, 4) is 0 Å². The molecule has 0 unspecified atom stereocenters. The van der Waals surface area contributed by atoms with Crippen molar-refractivity contribution in [1.29, 1.82) is 0 Å². The summed E-state index contributed by atoms with van der Waals surface area (Å²) in [6.45, 7) is 2.79. The minimum Gasteiger partial charge on any atom is -0.358 e. The van der Waals surface area contributed by atoms with Crippen LogP contribution in [0.15, 0.2) is 42.6 Å². The highest BCUT2D eigenvalue weighted by Gasteiger charge is 2.27. The molecule has 3 rings (SSSR count). The van der Waals surface area contributed by atoms with Crippen LogP contribution in [0.5, 0.6) is 0 Å². The topological polar surface area (TPSA) is 63.8 Å². The number of nitrogens with one attached hydrogen (secondary N) is 1. The number of anilines is 2. The molecule has 0 aliphatic carbocycles. The van der Waals surface area contributed by atoms with E-state index in [1.807, 2.05) is 29.3 Å². The fourth-order valence-electron chi connectivity index (χ4n) is 2.68. The Morgan fingerprint density at radius 3 is 2.45 bits per heavy atom. The summed E-state index contributed by atoms with van der Waals surface area (Å²) in [5, 5.41) is 11.1. The van der Waals surface area contributed by atoms with E-state index in [1.165, 1.54) is 12.1 Å². The van der Waals surface area contributed by atoms with Crippen LogP contribution in [0, 0.1) is 15.9 Å². The molecule has 1 aromatic carbocycles. The summed E-state index contributed by atoms with van der Waals surface area (Å²) in [7, 11) is 0. The molecule has 1 fully saturated rings. The van der Waals surface area contributed by atoms with E-state index in [1.54, 1.807) is 0 Å². The highest BCUT2D eigenvalue weighted by Crippen LogP contribution is 2.29. The first-order chi connectivity index (χ1) is 10.6. The van der Waals surface area contributed by atoms with Crippen LogP contribution in [-0.4, -0.2) is 31.1 Å². The third kappa shape index (κ3) is 2.83. The Balaban J connectivity index is 1.76. The van der Waals surface area contributed by atoms with Gasteiger partial charge in [-0.05, 0) is 18.2 Å². The van der Waals surface area contributed by atoms with Crippen LogP contribution >= 0.6 is 0 Å². The smallest absolute Gasteiger partial charge is 0.295 e. The lowest BCUT2D eigenvalue weighted by molar-refractivity contribution is -0.384. The molecule has 1 saturated heterocycles. The van der Waals surface area contributed by atoms with Gasteiger partial charge < -0.3 is 4.90 Å². The third-order valence-electron chi connectivity index (χ3n) is 3.79. The summed E-state index contributed by atoms with van der Waals surface area (Å²) < 4.78 is 13.2. The zero-order valence-corrected chi connectivity index (χ0v) is 11.9. The van der Waals surface area contributed by atoms with Gasteiger partial charge in [0.25, 0.3) is 11.5 Å². The van der Waals surface area contributed by atoms with Gasteiger partial charge >= 0.3 is 0 Å². The van der Waals surface area contributed by atoms with Crippen molar-refractivity contribution in [2.45, 2.75) is 0 Å². The summed E-state index contributed by atoms with van der Waals surface area (Å²) in [6.07, 6.45) is 1.87. The average molecular weight is 303 g/mol. The molecular weight excluding hydrogens is 287 g/mol. The van der Waals surface area contributed by atoms with E-state index in [0.717, 1.165) is 25.0 Å². The van der Waals surface area contributed by atoms with Crippen molar-refractivity contribution in [3.05, 3.63) is 58.5 Å². The Morgan fingerprint density at radius 2 is 1.82 bits per heavy atom. The predicted octanol–water partition coefficient (Wildman–Crippen LogP) is 1.87. The molecule has 1 N–H and O–H groups in total. The second-order valence-electron chi connectivity index (χ2n) is 5.11. The summed E-state index contributed by atoms with van der Waals surface area (Å²) in [5.74, 6) is 0.434. The van der Waals surface area contributed by atoms with E-state index < -0.39 is 10.7 Å². The van der Waals surface area contributed by atoms with E-state index in [2.05, 4.69) is 9.88 Å². The Morgan fingerprint density at radius 1 is 1.09 bits per heavy atom. The third-order valence-corrected chi connectivity index (χ3v) is 3.79. The molecule has 7 heteroatoms. The number of nitro groups is 1. The van der Waals surface area contributed by atoms with Gasteiger partial charge in [-0.25, -0.2) is 9.37 Å². The first-order valence-electron chi connectivity index (χ1n) is 7.06. The number of piperazine rings is 1. The maximum absolute atomic E-state index is 13.2. The van der Waals surface area contributed by atoms with Gasteiger partial charge in [-0.15, -0.1) is 0 Å². The molecule has 0 saturated carbocycles. The first kappa shape index (κ1) is 14.2. The lowest BCUT2D eigenvalue weighted by Gasteiger charge is -2.32. The number of aromatic amines is 1. The fourth-order valence-corrected chi connectivity index (χ4v) is 2.68. The van der Waals surface area contributed by atoms with Crippen LogP contribution in [0.25, 0.3) is 0 Å². The Labute approximate surface area is 127 Å². The molecule has 2 aromatic rings. The number of hydrogen-bond acceptors (Lipinski definition) is 4. The molecule has 2 heterocycles. The quantitative estimate of drug-likeness (QED) is 0.641.